The first-order valence-corrected chi connectivity index (χ1v) is 6.05. The third-order valence-corrected chi connectivity index (χ3v) is 3.35. The van der Waals surface area contributed by atoms with Crippen molar-refractivity contribution in [2.24, 2.45) is 5.92 Å². The summed E-state index contributed by atoms with van der Waals surface area (Å²) < 4.78 is 0. The van der Waals surface area contributed by atoms with Crippen LogP contribution in [0, 0.1) is 5.92 Å². The summed E-state index contributed by atoms with van der Waals surface area (Å²) in [7, 11) is 0. The van der Waals surface area contributed by atoms with Crippen molar-refractivity contribution in [2.45, 2.75) is 26.7 Å². The van der Waals surface area contributed by atoms with Gasteiger partial charge in [-0.2, -0.15) is 0 Å². The van der Waals surface area contributed by atoms with Crippen LogP contribution in [0.3, 0.4) is 0 Å². The number of carbonyl (C=O) groups is 1. The molecule has 0 aliphatic rings. The van der Waals surface area contributed by atoms with Crippen molar-refractivity contribution in [2.75, 3.05) is 5.73 Å². The molecular weight excluding hydrogens is 245 g/mol. The van der Waals surface area contributed by atoms with Crippen LogP contribution in [-0.2, 0) is 0 Å². The monoisotopic (exact) mass is 259 g/mol. The predicted molar refractivity (Wildman–Crippen MR) is 69.3 cm³/mol. The molecule has 0 aliphatic heterocycles. The molecule has 0 heterocycles. The van der Waals surface area contributed by atoms with Crippen LogP contribution in [0.2, 0.25) is 10.0 Å². The van der Waals surface area contributed by atoms with Gasteiger partial charge in [-0.25, -0.2) is 0 Å². The average molecular weight is 260 g/mol. The number of benzene rings is 1. The lowest BCUT2D eigenvalue weighted by Gasteiger charge is -2.12. The molecule has 0 bridgehead atoms. The van der Waals surface area contributed by atoms with Crippen LogP contribution in [0.1, 0.15) is 37.0 Å². The minimum Gasteiger partial charge on any atom is -0.396 e. The van der Waals surface area contributed by atoms with Gasteiger partial charge in [0, 0.05) is 11.5 Å². The first-order chi connectivity index (χ1) is 7.51. The van der Waals surface area contributed by atoms with Gasteiger partial charge in [-0.05, 0) is 25.0 Å². The van der Waals surface area contributed by atoms with Crippen LogP contribution in [-0.4, -0.2) is 5.78 Å². The minimum atomic E-state index is 0.0238. The molecule has 0 unspecified atom stereocenters. The zero-order valence-corrected chi connectivity index (χ0v) is 10.9. The Kier molecular flexibility index (Phi) is 4.63. The lowest BCUT2D eigenvalue weighted by Crippen LogP contribution is -2.13. The van der Waals surface area contributed by atoms with Crippen LogP contribution < -0.4 is 5.73 Å². The Morgan fingerprint density at radius 3 is 2.06 bits per heavy atom. The van der Waals surface area contributed by atoms with Crippen LogP contribution in [0.15, 0.2) is 12.1 Å². The highest BCUT2D eigenvalue weighted by molar-refractivity contribution is 6.39. The van der Waals surface area contributed by atoms with Gasteiger partial charge in [-0.15, -0.1) is 0 Å². The van der Waals surface area contributed by atoms with E-state index >= 15 is 0 Å². The number of carbonyl (C=O) groups excluding carboxylic acids is 1. The second-order valence-electron chi connectivity index (χ2n) is 3.73. The Bertz CT molecular complexity index is 377. The Hall–Kier alpha value is -0.730. The zero-order chi connectivity index (χ0) is 12.3. The lowest BCUT2D eigenvalue weighted by atomic mass is 9.93. The van der Waals surface area contributed by atoms with Crippen molar-refractivity contribution in [3.05, 3.63) is 27.7 Å². The van der Waals surface area contributed by atoms with E-state index in [9.17, 15) is 4.79 Å². The normalized spacial score (nSPS) is 10.8. The molecule has 2 nitrogen and oxygen atoms in total. The van der Waals surface area contributed by atoms with Crippen molar-refractivity contribution in [1.82, 2.24) is 0 Å². The van der Waals surface area contributed by atoms with Gasteiger partial charge in [0.1, 0.15) is 0 Å². The molecule has 0 atom stereocenters. The summed E-state index contributed by atoms with van der Waals surface area (Å²) in [5.74, 6) is 0.101. The van der Waals surface area contributed by atoms with Gasteiger partial charge in [0.25, 0.3) is 0 Å². The summed E-state index contributed by atoms with van der Waals surface area (Å²) in [5.41, 5.74) is 6.48. The van der Waals surface area contributed by atoms with Gasteiger partial charge in [0.05, 0.1) is 15.7 Å². The fourth-order valence-electron chi connectivity index (χ4n) is 1.62. The molecule has 0 aromatic heterocycles. The highest BCUT2D eigenvalue weighted by Gasteiger charge is 2.18. The first kappa shape index (κ1) is 13.3. The molecule has 0 radical (unpaired) electrons. The van der Waals surface area contributed by atoms with E-state index in [4.69, 9.17) is 28.9 Å². The molecule has 16 heavy (non-hydrogen) atoms. The summed E-state index contributed by atoms with van der Waals surface area (Å²) in [6.45, 7) is 3.99. The Morgan fingerprint density at radius 2 is 1.69 bits per heavy atom. The number of nitrogen functional groups attached to an aromatic ring is 1. The molecule has 0 saturated carbocycles. The van der Waals surface area contributed by atoms with E-state index in [0.29, 0.717) is 21.3 Å². The molecule has 0 saturated heterocycles. The predicted octanol–water partition coefficient (Wildman–Crippen LogP) is 4.19. The highest BCUT2D eigenvalue weighted by Crippen LogP contribution is 2.30. The summed E-state index contributed by atoms with van der Waals surface area (Å²) >= 11 is 11.8. The van der Waals surface area contributed by atoms with Gasteiger partial charge in [0.15, 0.2) is 5.78 Å². The summed E-state index contributed by atoms with van der Waals surface area (Å²) in [5, 5.41) is 0.670. The zero-order valence-electron chi connectivity index (χ0n) is 9.39. The second-order valence-corrected chi connectivity index (χ2v) is 4.55. The quantitative estimate of drug-likeness (QED) is 0.651. The number of ketones is 1. The largest absolute Gasteiger partial charge is 0.396 e. The number of halogens is 2. The lowest BCUT2D eigenvalue weighted by molar-refractivity contribution is 0.0913. The molecule has 1 aromatic rings. The number of hydrogen-bond acceptors (Lipinski definition) is 2. The third-order valence-electron chi connectivity index (χ3n) is 2.72. The fourth-order valence-corrected chi connectivity index (χ4v) is 2.11. The van der Waals surface area contributed by atoms with E-state index in [1.165, 1.54) is 0 Å². The van der Waals surface area contributed by atoms with Gasteiger partial charge < -0.3 is 5.73 Å². The number of Topliss-reactive ketones (excluding diaryl/α,β-unsaturated/α-hetero) is 1. The van der Waals surface area contributed by atoms with Crippen molar-refractivity contribution in [3.63, 3.8) is 0 Å². The SMILES string of the molecule is CCC(CC)C(=O)c1cc(Cl)c(N)c(Cl)c1. The summed E-state index contributed by atoms with van der Waals surface area (Å²) in [4.78, 5) is 12.1. The second kappa shape index (κ2) is 5.55. The van der Waals surface area contributed by atoms with Gasteiger partial charge in [-0.3, -0.25) is 4.79 Å². The third kappa shape index (κ3) is 2.69. The van der Waals surface area contributed by atoms with E-state index in [2.05, 4.69) is 0 Å². The highest BCUT2D eigenvalue weighted by atomic mass is 35.5. The molecule has 4 heteroatoms. The average Bonchev–Trinajstić information content (AvgIpc) is 2.26. The maximum absolute atomic E-state index is 12.1. The van der Waals surface area contributed by atoms with Crippen molar-refractivity contribution in [1.29, 1.82) is 0 Å². The Labute approximate surface area is 106 Å². The summed E-state index contributed by atoms with van der Waals surface area (Å²) in [6.07, 6.45) is 1.63. The smallest absolute Gasteiger partial charge is 0.166 e. The standard InChI is InChI=1S/C12H15Cl2NO/c1-3-7(4-2)12(16)8-5-9(13)11(15)10(14)6-8/h5-7H,3-4,15H2,1-2H3. The number of hydrogen-bond donors (Lipinski definition) is 1. The van der Waals surface area contributed by atoms with Gasteiger partial charge in [0.2, 0.25) is 0 Å². The molecule has 0 aliphatic carbocycles. The van der Waals surface area contributed by atoms with Crippen molar-refractivity contribution < 1.29 is 4.79 Å². The maximum atomic E-state index is 12.1. The van der Waals surface area contributed by atoms with Gasteiger partial charge >= 0.3 is 0 Å². The molecule has 0 amide bonds. The topological polar surface area (TPSA) is 43.1 Å². The summed E-state index contributed by atoms with van der Waals surface area (Å²) in [6, 6.07) is 3.17. The number of rotatable bonds is 4. The molecule has 88 valence electrons. The van der Waals surface area contributed by atoms with Crippen LogP contribution in [0.5, 0.6) is 0 Å². The molecule has 0 fully saturated rings. The molecular formula is C12H15Cl2NO. The molecule has 0 spiro atoms. The van der Waals surface area contributed by atoms with Crippen LogP contribution >= 0.6 is 23.2 Å². The van der Waals surface area contributed by atoms with E-state index in [-0.39, 0.29) is 11.7 Å². The molecule has 2 N–H and O–H groups in total. The van der Waals surface area contributed by atoms with E-state index in [1.54, 1.807) is 12.1 Å². The fraction of sp³-hybridized carbons (Fsp3) is 0.417. The number of nitrogens with two attached hydrogens (primary N) is 1. The Balaban J connectivity index is 3.10. The molecule has 1 rings (SSSR count). The van der Waals surface area contributed by atoms with Crippen LogP contribution in [0.25, 0.3) is 0 Å². The maximum Gasteiger partial charge on any atom is 0.166 e. The first-order valence-electron chi connectivity index (χ1n) is 5.29. The number of anilines is 1. The van der Waals surface area contributed by atoms with E-state index in [1.807, 2.05) is 13.8 Å². The van der Waals surface area contributed by atoms with Crippen molar-refractivity contribution >= 4 is 34.7 Å². The molecule has 1 aromatic carbocycles. The van der Waals surface area contributed by atoms with E-state index in [0.717, 1.165) is 12.8 Å². The minimum absolute atomic E-state index is 0.0238. The van der Waals surface area contributed by atoms with Crippen molar-refractivity contribution in [3.8, 4) is 0 Å². The van der Waals surface area contributed by atoms with E-state index < -0.39 is 0 Å². The van der Waals surface area contributed by atoms with Gasteiger partial charge in [-0.1, -0.05) is 37.0 Å². The van der Waals surface area contributed by atoms with Crippen LogP contribution in [0.4, 0.5) is 5.69 Å². The Morgan fingerprint density at radius 1 is 1.25 bits per heavy atom.